The maximum atomic E-state index is 14.6. The molecule has 4 aromatic heterocycles. The Kier molecular flexibility index (Phi) is 3.11. The Morgan fingerprint density at radius 3 is 2.72 bits per heavy atom. The molecule has 1 saturated carbocycles. The predicted molar refractivity (Wildman–Crippen MR) is 101 cm³/mol. The molecule has 144 valence electrons. The molecule has 5 aromatic rings. The molecule has 0 saturated heterocycles. The van der Waals surface area contributed by atoms with Gasteiger partial charge in [-0.3, -0.25) is 8.80 Å². The molecule has 1 fully saturated rings. The number of fused-ring (bicyclic) bond motifs is 2. The lowest BCUT2D eigenvalue weighted by atomic mass is 10.1. The number of pyridine rings is 1. The van der Waals surface area contributed by atoms with E-state index in [1.165, 1.54) is 18.4 Å². The minimum Gasteiger partial charge on any atom is -0.432 e. The van der Waals surface area contributed by atoms with Crippen LogP contribution in [-0.4, -0.2) is 24.0 Å². The smallest absolute Gasteiger partial charge is 0.306 e. The zero-order valence-corrected chi connectivity index (χ0v) is 15.4. The molecule has 6 nitrogen and oxygen atoms in total. The van der Waals surface area contributed by atoms with Crippen LogP contribution in [0.1, 0.15) is 25.6 Å². The van der Waals surface area contributed by atoms with Crippen molar-refractivity contribution < 1.29 is 13.2 Å². The summed E-state index contributed by atoms with van der Waals surface area (Å²) in [5, 5.41) is 8.65. The summed E-state index contributed by atoms with van der Waals surface area (Å²) in [5.74, 6) is -0.0683. The molecular formula is C21H15F2N5O. The van der Waals surface area contributed by atoms with Gasteiger partial charge in [-0.05, 0) is 37.1 Å². The monoisotopic (exact) mass is 391 g/mol. The van der Waals surface area contributed by atoms with Crippen molar-refractivity contribution in [2.45, 2.75) is 25.2 Å². The summed E-state index contributed by atoms with van der Waals surface area (Å²) >= 11 is 0. The molecular weight excluding hydrogens is 376 g/mol. The van der Waals surface area contributed by atoms with E-state index in [4.69, 9.17) is 4.42 Å². The molecule has 1 aliphatic carbocycles. The molecule has 29 heavy (non-hydrogen) atoms. The van der Waals surface area contributed by atoms with Gasteiger partial charge in [0, 0.05) is 35.0 Å². The number of benzene rings is 1. The molecule has 0 unspecified atom stereocenters. The highest BCUT2D eigenvalue weighted by molar-refractivity contribution is 5.81. The molecule has 0 amide bonds. The van der Waals surface area contributed by atoms with Crippen LogP contribution in [0.25, 0.3) is 34.0 Å². The molecule has 0 atom stereocenters. The third-order valence-electron chi connectivity index (χ3n) is 5.66. The van der Waals surface area contributed by atoms with Crippen LogP contribution in [0.15, 0.2) is 53.4 Å². The molecule has 0 radical (unpaired) electrons. The Morgan fingerprint density at radius 2 is 1.93 bits per heavy atom. The summed E-state index contributed by atoms with van der Waals surface area (Å²) in [7, 11) is 0. The summed E-state index contributed by atoms with van der Waals surface area (Å²) in [6.45, 7) is 2.17. The maximum Gasteiger partial charge on any atom is 0.306 e. The maximum absolute atomic E-state index is 14.6. The van der Waals surface area contributed by atoms with Crippen molar-refractivity contribution >= 4 is 11.5 Å². The number of halogens is 2. The number of hydrogen-bond acceptors (Lipinski definition) is 4. The average molecular weight is 391 g/mol. The minimum absolute atomic E-state index is 0.0340. The molecule has 1 aliphatic rings. The molecule has 0 bridgehead atoms. The van der Waals surface area contributed by atoms with E-state index in [1.807, 2.05) is 22.7 Å². The first kappa shape index (κ1) is 16.4. The number of rotatable bonds is 3. The number of oxazole rings is 1. The zero-order chi connectivity index (χ0) is 19.8. The minimum atomic E-state index is -0.677. The number of aromatic nitrogens is 5. The van der Waals surface area contributed by atoms with Gasteiger partial charge >= 0.3 is 5.84 Å². The predicted octanol–water partition coefficient (Wildman–Crippen LogP) is 4.63. The van der Waals surface area contributed by atoms with Gasteiger partial charge < -0.3 is 4.42 Å². The quantitative estimate of drug-likeness (QED) is 0.450. The molecule has 0 N–H and O–H groups in total. The summed E-state index contributed by atoms with van der Waals surface area (Å²) in [4.78, 5) is 4.45. The fourth-order valence-electron chi connectivity index (χ4n) is 3.78. The van der Waals surface area contributed by atoms with Crippen LogP contribution in [-0.2, 0) is 5.41 Å². The van der Waals surface area contributed by atoms with Crippen LogP contribution in [0.2, 0.25) is 0 Å². The lowest BCUT2D eigenvalue weighted by molar-refractivity contribution is 0.585. The van der Waals surface area contributed by atoms with Crippen molar-refractivity contribution in [1.29, 1.82) is 0 Å². The largest absolute Gasteiger partial charge is 0.432 e. The van der Waals surface area contributed by atoms with Crippen LogP contribution in [0.5, 0.6) is 0 Å². The lowest BCUT2D eigenvalue weighted by Gasteiger charge is -2.09. The van der Waals surface area contributed by atoms with E-state index in [9.17, 15) is 8.78 Å². The highest BCUT2D eigenvalue weighted by Crippen LogP contribution is 2.47. The van der Waals surface area contributed by atoms with Gasteiger partial charge in [-0.1, -0.05) is 6.92 Å². The van der Waals surface area contributed by atoms with Crippen LogP contribution in [0.4, 0.5) is 8.78 Å². The highest BCUT2D eigenvalue weighted by atomic mass is 19.1. The molecule has 4 heterocycles. The topological polar surface area (TPSA) is 60.6 Å². The molecule has 8 heteroatoms. The first-order valence-electron chi connectivity index (χ1n) is 9.30. The Hall–Kier alpha value is -3.55. The van der Waals surface area contributed by atoms with E-state index in [0.717, 1.165) is 35.9 Å². The molecule has 0 spiro atoms. The average Bonchev–Trinajstić information content (AvgIpc) is 3.06. The second-order valence-electron chi connectivity index (χ2n) is 7.72. The Balaban J connectivity index is 1.62. The first-order chi connectivity index (χ1) is 14.0. The van der Waals surface area contributed by atoms with Crippen molar-refractivity contribution in [3.05, 3.63) is 66.4 Å². The van der Waals surface area contributed by atoms with Gasteiger partial charge in [0.15, 0.2) is 5.65 Å². The fraction of sp³-hybridized carbons (Fsp3) is 0.190. The normalized spacial score (nSPS) is 15.4. The van der Waals surface area contributed by atoms with Crippen LogP contribution < -0.4 is 0 Å². The summed E-state index contributed by atoms with van der Waals surface area (Å²) in [6.07, 6.45) is 7.33. The van der Waals surface area contributed by atoms with Gasteiger partial charge in [0.2, 0.25) is 0 Å². The second-order valence-corrected chi connectivity index (χ2v) is 7.72. The highest BCUT2D eigenvalue weighted by Gasteiger charge is 2.43. The zero-order valence-electron chi connectivity index (χ0n) is 15.4. The second kappa shape index (κ2) is 5.50. The fourth-order valence-corrected chi connectivity index (χ4v) is 3.78. The van der Waals surface area contributed by atoms with Crippen molar-refractivity contribution in [1.82, 2.24) is 24.0 Å². The summed E-state index contributed by atoms with van der Waals surface area (Å²) in [6, 6.07) is 7.24. The van der Waals surface area contributed by atoms with Crippen molar-refractivity contribution in [2.24, 2.45) is 0 Å². The third kappa shape index (κ3) is 2.35. The summed E-state index contributed by atoms with van der Waals surface area (Å²) in [5.41, 5.74) is 2.83. The Bertz CT molecular complexity index is 1410. The number of hydrogen-bond donors (Lipinski definition) is 0. The third-order valence-corrected chi connectivity index (χ3v) is 5.66. The van der Waals surface area contributed by atoms with Crippen molar-refractivity contribution in [3.63, 3.8) is 0 Å². The Morgan fingerprint density at radius 1 is 1.07 bits per heavy atom. The molecule has 0 aliphatic heterocycles. The van der Waals surface area contributed by atoms with Gasteiger partial charge in [0.25, 0.3) is 0 Å². The van der Waals surface area contributed by atoms with Crippen LogP contribution in [0, 0.1) is 11.6 Å². The molecule has 6 rings (SSSR count). The Labute approximate surface area is 163 Å². The van der Waals surface area contributed by atoms with Crippen LogP contribution >= 0.6 is 0 Å². The van der Waals surface area contributed by atoms with E-state index in [0.29, 0.717) is 17.2 Å². The number of imidazole rings is 1. The van der Waals surface area contributed by atoms with Gasteiger partial charge in [-0.25, -0.2) is 8.78 Å². The van der Waals surface area contributed by atoms with E-state index in [1.54, 1.807) is 10.6 Å². The van der Waals surface area contributed by atoms with Gasteiger partial charge in [0.05, 0.1) is 5.69 Å². The van der Waals surface area contributed by atoms with Crippen molar-refractivity contribution in [3.8, 4) is 22.5 Å². The number of nitrogens with zero attached hydrogens (tertiary/aromatic N) is 5. The van der Waals surface area contributed by atoms with Gasteiger partial charge in [-0.2, -0.15) is 4.98 Å². The lowest BCUT2D eigenvalue weighted by Crippen LogP contribution is -2.06. The molecule has 1 aromatic carbocycles. The summed E-state index contributed by atoms with van der Waals surface area (Å²) < 4.78 is 37.1. The van der Waals surface area contributed by atoms with Crippen LogP contribution in [0.3, 0.4) is 0 Å². The van der Waals surface area contributed by atoms with Gasteiger partial charge in [0.1, 0.15) is 29.4 Å². The first-order valence-corrected chi connectivity index (χ1v) is 9.30. The van der Waals surface area contributed by atoms with E-state index in [-0.39, 0.29) is 11.0 Å². The van der Waals surface area contributed by atoms with Crippen molar-refractivity contribution in [2.75, 3.05) is 0 Å². The van der Waals surface area contributed by atoms with E-state index < -0.39 is 11.6 Å². The SMILES string of the molecule is CC1(c2nnc3ccc(-c4c(-c5ccc(F)cc5F)nc5occn45)cn23)CC1. The van der Waals surface area contributed by atoms with Gasteiger partial charge in [-0.15, -0.1) is 10.2 Å². The standard InChI is InChI=1S/C21H15F2N5O/c1-21(6-7-21)19-26-25-16-5-2-12(11-28(16)19)18-17(24-20-27(18)8-9-29-20)14-4-3-13(22)10-15(14)23/h2-5,8-11H,6-7H2,1H3. The van der Waals surface area contributed by atoms with E-state index >= 15 is 0 Å². The van der Waals surface area contributed by atoms with E-state index in [2.05, 4.69) is 22.1 Å².